The van der Waals surface area contributed by atoms with E-state index in [4.69, 9.17) is 10.00 Å². The molecule has 3 rings (SSSR count). The molecule has 0 saturated carbocycles. The van der Waals surface area contributed by atoms with Gasteiger partial charge in [0.15, 0.2) is 0 Å². The van der Waals surface area contributed by atoms with Crippen molar-refractivity contribution in [3.05, 3.63) is 47.8 Å². The third-order valence-corrected chi connectivity index (χ3v) is 5.09. The maximum absolute atomic E-state index is 14.1. The lowest BCUT2D eigenvalue weighted by atomic mass is 10.0. The standard InChI is InChI=1S/C23H27FN6O3/c1-23(2,32)21(24)14-28-22(31)17-13-27-19(10-18(17)26-7-4-8-33-3)20-6-5-16-9-15(11-25)12-29-30(16)20/h5-6,9-10,12-13,21,32H,4,7-8,14H2,1-3H3,(H,26,27)(H,28,31)/t21-/m1/s1. The van der Waals surface area contributed by atoms with Crippen molar-refractivity contribution >= 4 is 17.1 Å². The normalized spacial score (nSPS) is 12.4. The molecule has 3 heterocycles. The summed E-state index contributed by atoms with van der Waals surface area (Å²) < 4.78 is 20.8. The molecule has 3 N–H and O–H groups in total. The first-order valence-corrected chi connectivity index (χ1v) is 10.5. The Bertz CT molecular complexity index is 1170. The summed E-state index contributed by atoms with van der Waals surface area (Å²) in [4.78, 5) is 17.2. The van der Waals surface area contributed by atoms with Gasteiger partial charge in [-0.3, -0.25) is 9.78 Å². The van der Waals surface area contributed by atoms with Gasteiger partial charge in [-0.1, -0.05) is 0 Å². The van der Waals surface area contributed by atoms with Crippen LogP contribution in [0.25, 0.3) is 16.9 Å². The summed E-state index contributed by atoms with van der Waals surface area (Å²) in [6.45, 7) is 3.46. The largest absolute Gasteiger partial charge is 0.387 e. The molecule has 174 valence electrons. The number of pyridine rings is 1. The quantitative estimate of drug-likeness (QED) is 0.402. The number of hydrogen-bond acceptors (Lipinski definition) is 7. The van der Waals surface area contributed by atoms with Gasteiger partial charge >= 0.3 is 0 Å². The number of halogens is 1. The number of nitrogens with zero attached hydrogens (tertiary/aromatic N) is 4. The molecule has 10 heteroatoms. The predicted molar refractivity (Wildman–Crippen MR) is 122 cm³/mol. The Hall–Kier alpha value is -3.55. The first kappa shape index (κ1) is 24.1. The van der Waals surface area contributed by atoms with Crippen molar-refractivity contribution in [2.75, 3.05) is 32.1 Å². The maximum atomic E-state index is 14.1. The number of hydrogen-bond donors (Lipinski definition) is 3. The van der Waals surface area contributed by atoms with Gasteiger partial charge in [0, 0.05) is 26.5 Å². The molecular formula is C23H27FN6O3. The van der Waals surface area contributed by atoms with Crippen LogP contribution in [0.4, 0.5) is 10.1 Å². The van der Waals surface area contributed by atoms with Crippen molar-refractivity contribution in [3.63, 3.8) is 0 Å². The zero-order valence-electron chi connectivity index (χ0n) is 18.8. The van der Waals surface area contributed by atoms with E-state index in [1.165, 1.54) is 26.2 Å². The average Bonchev–Trinajstić information content (AvgIpc) is 3.22. The molecule has 0 aliphatic rings. The number of fused-ring (bicyclic) bond motifs is 1. The first-order valence-electron chi connectivity index (χ1n) is 10.5. The number of nitriles is 1. The minimum absolute atomic E-state index is 0.250. The zero-order chi connectivity index (χ0) is 24.0. The lowest BCUT2D eigenvalue weighted by Gasteiger charge is -2.22. The molecule has 3 aromatic rings. The van der Waals surface area contributed by atoms with Crippen molar-refractivity contribution in [1.82, 2.24) is 19.9 Å². The number of carbonyl (C=O) groups is 1. The van der Waals surface area contributed by atoms with E-state index in [1.54, 1.807) is 23.8 Å². The third kappa shape index (κ3) is 5.83. The van der Waals surface area contributed by atoms with Crippen LogP contribution in [0.15, 0.2) is 36.7 Å². The van der Waals surface area contributed by atoms with Crippen molar-refractivity contribution < 1.29 is 19.0 Å². The number of ether oxygens (including phenoxy) is 1. The zero-order valence-corrected chi connectivity index (χ0v) is 18.8. The SMILES string of the molecule is COCCCNc1cc(-c2ccc3cc(C#N)cnn23)ncc1C(=O)NC[C@@H](F)C(C)(C)O. The molecule has 0 spiro atoms. The number of anilines is 1. The lowest BCUT2D eigenvalue weighted by molar-refractivity contribution is -0.00177. The second-order valence-electron chi connectivity index (χ2n) is 8.13. The van der Waals surface area contributed by atoms with Crippen LogP contribution in [0.5, 0.6) is 0 Å². The minimum Gasteiger partial charge on any atom is -0.387 e. The van der Waals surface area contributed by atoms with Gasteiger partial charge in [0.25, 0.3) is 5.91 Å². The van der Waals surface area contributed by atoms with Crippen LogP contribution < -0.4 is 10.6 Å². The van der Waals surface area contributed by atoms with Crippen LogP contribution in [-0.2, 0) is 4.74 Å². The molecule has 9 nitrogen and oxygen atoms in total. The van der Waals surface area contributed by atoms with Crippen LogP contribution in [0.2, 0.25) is 0 Å². The fourth-order valence-electron chi connectivity index (χ4n) is 3.14. The highest BCUT2D eigenvalue weighted by atomic mass is 19.1. The highest BCUT2D eigenvalue weighted by molar-refractivity contribution is 6.00. The molecule has 3 aromatic heterocycles. The van der Waals surface area contributed by atoms with Gasteiger partial charge in [-0.25, -0.2) is 8.91 Å². The molecule has 0 radical (unpaired) electrons. The first-order chi connectivity index (χ1) is 15.7. The Morgan fingerprint density at radius 2 is 2.15 bits per heavy atom. The number of methoxy groups -OCH3 is 1. The molecule has 0 aliphatic heterocycles. The van der Waals surface area contributed by atoms with Gasteiger partial charge in [0.2, 0.25) is 0 Å². The van der Waals surface area contributed by atoms with Gasteiger partial charge in [-0.15, -0.1) is 0 Å². The Kier molecular flexibility index (Phi) is 7.58. The number of rotatable bonds is 10. The van der Waals surface area contributed by atoms with Crippen LogP contribution in [0.1, 0.15) is 36.2 Å². The summed E-state index contributed by atoms with van der Waals surface area (Å²) >= 11 is 0. The van der Waals surface area contributed by atoms with Crippen molar-refractivity contribution in [3.8, 4) is 17.5 Å². The topological polar surface area (TPSA) is 125 Å². The minimum atomic E-state index is -1.62. The molecule has 0 aromatic carbocycles. The second-order valence-corrected chi connectivity index (χ2v) is 8.13. The van der Waals surface area contributed by atoms with Crippen molar-refractivity contribution in [2.24, 2.45) is 0 Å². The number of alkyl halides is 1. The lowest BCUT2D eigenvalue weighted by Crippen LogP contribution is -2.42. The third-order valence-electron chi connectivity index (χ3n) is 5.09. The molecule has 1 atom stereocenters. The number of nitrogens with one attached hydrogen (secondary N) is 2. The van der Waals surface area contributed by atoms with E-state index in [9.17, 15) is 14.3 Å². The monoisotopic (exact) mass is 454 g/mol. The summed E-state index contributed by atoms with van der Waals surface area (Å²) in [7, 11) is 1.61. The van der Waals surface area contributed by atoms with E-state index in [1.807, 2.05) is 12.1 Å². The average molecular weight is 455 g/mol. The highest BCUT2D eigenvalue weighted by Crippen LogP contribution is 2.25. The van der Waals surface area contributed by atoms with E-state index < -0.39 is 17.7 Å². The van der Waals surface area contributed by atoms with E-state index in [0.717, 1.165) is 5.52 Å². The summed E-state index contributed by atoms with van der Waals surface area (Å²) in [5, 5.41) is 28.9. The summed E-state index contributed by atoms with van der Waals surface area (Å²) in [5.74, 6) is -0.507. The number of aliphatic hydroxyl groups is 1. The second kappa shape index (κ2) is 10.4. The number of carbonyl (C=O) groups excluding carboxylic acids is 1. The van der Waals surface area contributed by atoms with Gasteiger partial charge in [0.1, 0.15) is 12.2 Å². The molecule has 1 amide bonds. The summed E-state index contributed by atoms with van der Waals surface area (Å²) in [5.41, 5.74) is 1.65. The van der Waals surface area contributed by atoms with E-state index in [2.05, 4.69) is 26.8 Å². The van der Waals surface area contributed by atoms with Gasteiger partial charge in [0.05, 0.1) is 52.1 Å². The molecule has 0 saturated heterocycles. The predicted octanol–water partition coefficient (Wildman–Crippen LogP) is 2.56. The van der Waals surface area contributed by atoms with Crippen LogP contribution in [0, 0.1) is 11.3 Å². The Balaban J connectivity index is 1.90. The molecular weight excluding hydrogens is 427 g/mol. The van der Waals surface area contributed by atoms with Gasteiger partial charge in [-0.05, 0) is 44.5 Å². The smallest absolute Gasteiger partial charge is 0.255 e. The maximum Gasteiger partial charge on any atom is 0.255 e. The molecule has 0 aliphatic carbocycles. The fourth-order valence-corrected chi connectivity index (χ4v) is 3.14. The fraction of sp³-hybridized carbons (Fsp3) is 0.391. The van der Waals surface area contributed by atoms with Crippen molar-refractivity contribution in [1.29, 1.82) is 5.26 Å². The number of aromatic nitrogens is 3. The Morgan fingerprint density at radius 1 is 1.36 bits per heavy atom. The molecule has 33 heavy (non-hydrogen) atoms. The van der Waals surface area contributed by atoms with Gasteiger partial charge in [-0.2, -0.15) is 10.4 Å². The Labute approximate surface area is 191 Å². The van der Waals surface area contributed by atoms with Crippen LogP contribution in [-0.4, -0.2) is 64.2 Å². The van der Waals surface area contributed by atoms with Crippen LogP contribution >= 0.6 is 0 Å². The summed E-state index contributed by atoms with van der Waals surface area (Å²) in [6, 6.07) is 9.17. The summed E-state index contributed by atoms with van der Waals surface area (Å²) in [6.07, 6.45) is 1.98. The van der Waals surface area contributed by atoms with Gasteiger partial charge < -0.3 is 20.5 Å². The van der Waals surface area contributed by atoms with E-state index >= 15 is 0 Å². The highest BCUT2D eigenvalue weighted by Gasteiger charge is 2.27. The number of amides is 1. The molecule has 0 bridgehead atoms. The van der Waals surface area contributed by atoms with E-state index in [-0.39, 0.29) is 12.1 Å². The van der Waals surface area contributed by atoms with Crippen LogP contribution in [0.3, 0.4) is 0 Å². The molecule has 0 unspecified atom stereocenters. The molecule has 0 fully saturated rings. The van der Waals surface area contributed by atoms with E-state index in [0.29, 0.717) is 42.2 Å². The van der Waals surface area contributed by atoms with Crippen molar-refractivity contribution in [2.45, 2.75) is 32.0 Å². The Morgan fingerprint density at radius 3 is 2.85 bits per heavy atom.